The molecule has 3 aromatic rings. The lowest BCUT2D eigenvalue weighted by Crippen LogP contribution is -2.24. The van der Waals surface area contributed by atoms with Gasteiger partial charge in [-0.15, -0.1) is 24.0 Å². The summed E-state index contributed by atoms with van der Waals surface area (Å²) in [6.45, 7) is 5.19. The molecule has 7 heteroatoms. The second-order valence-electron chi connectivity index (χ2n) is 6.27. The van der Waals surface area contributed by atoms with Crippen LogP contribution in [0.3, 0.4) is 0 Å². The summed E-state index contributed by atoms with van der Waals surface area (Å²) in [5.74, 6) is 0.794. The number of aliphatic imine (C=N–C) groups is 1. The molecule has 2 aromatic carbocycles. The molecule has 0 unspecified atom stereocenters. The van der Waals surface area contributed by atoms with E-state index >= 15 is 0 Å². The summed E-state index contributed by atoms with van der Waals surface area (Å²) in [7, 11) is 0. The minimum absolute atomic E-state index is 0. The molecule has 0 bridgehead atoms. The fourth-order valence-electron chi connectivity index (χ4n) is 2.76. The van der Waals surface area contributed by atoms with Gasteiger partial charge in [-0.25, -0.2) is 4.79 Å². The van der Waals surface area contributed by atoms with Crippen LogP contribution in [0.25, 0.3) is 11.0 Å². The molecule has 1 aromatic heterocycles. The molecule has 0 aliphatic carbocycles. The van der Waals surface area contributed by atoms with Gasteiger partial charge in [0, 0.05) is 12.2 Å². The largest absolute Gasteiger partial charge is 0.370 e. The van der Waals surface area contributed by atoms with Crippen molar-refractivity contribution in [3.8, 4) is 0 Å². The van der Waals surface area contributed by atoms with Crippen LogP contribution in [0, 0.1) is 0 Å². The van der Waals surface area contributed by atoms with Gasteiger partial charge >= 0.3 is 5.69 Å². The van der Waals surface area contributed by atoms with Crippen molar-refractivity contribution in [3.05, 3.63) is 64.6 Å². The standard InChI is InChI=1S/C19H23N5O.HI/c1-13(2)14-6-5-7-15(12-14)22-18(20)21-10-11-24-17-9-4-3-8-16(17)23-19(24)25;/h3-9,12-13H,10-11H2,1-2H3,(H,23,25)(H3,20,21,22);1H. The number of anilines is 1. The third-order valence-electron chi connectivity index (χ3n) is 4.11. The fraction of sp³-hybridized carbons (Fsp3) is 0.263. The zero-order valence-electron chi connectivity index (χ0n) is 14.9. The molecule has 0 radical (unpaired) electrons. The zero-order valence-corrected chi connectivity index (χ0v) is 17.2. The van der Waals surface area contributed by atoms with Crippen molar-refractivity contribution < 1.29 is 0 Å². The molecule has 3 rings (SSSR count). The van der Waals surface area contributed by atoms with Crippen LogP contribution in [-0.4, -0.2) is 22.1 Å². The Bertz CT molecular complexity index is 958. The molecular weight excluding hydrogens is 441 g/mol. The average molecular weight is 465 g/mol. The van der Waals surface area contributed by atoms with E-state index in [1.807, 2.05) is 36.4 Å². The van der Waals surface area contributed by atoms with Crippen molar-refractivity contribution in [3.63, 3.8) is 0 Å². The first kappa shape index (κ1) is 20.0. The van der Waals surface area contributed by atoms with Gasteiger partial charge in [0.1, 0.15) is 0 Å². The number of hydrogen-bond acceptors (Lipinski definition) is 2. The number of nitrogens with two attached hydrogens (primary N) is 1. The highest BCUT2D eigenvalue weighted by Gasteiger charge is 2.05. The second kappa shape index (κ2) is 8.88. The molecule has 0 atom stereocenters. The highest BCUT2D eigenvalue weighted by molar-refractivity contribution is 14.0. The molecule has 6 nitrogen and oxygen atoms in total. The number of benzene rings is 2. The lowest BCUT2D eigenvalue weighted by Gasteiger charge is -2.10. The number of H-pyrrole nitrogens is 1. The maximum atomic E-state index is 12.0. The SMILES string of the molecule is CC(C)c1cccc(NC(N)=NCCn2c(=O)[nH]c3ccccc32)c1.I. The molecule has 26 heavy (non-hydrogen) atoms. The number of nitrogens with zero attached hydrogens (tertiary/aromatic N) is 2. The van der Waals surface area contributed by atoms with Crippen LogP contribution in [0.2, 0.25) is 0 Å². The van der Waals surface area contributed by atoms with Crippen molar-refractivity contribution >= 4 is 46.7 Å². The molecule has 1 heterocycles. The highest BCUT2D eigenvalue weighted by atomic mass is 127. The molecule has 138 valence electrons. The van der Waals surface area contributed by atoms with Crippen molar-refractivity contribution in [1.82, 2.24) is 9.55 Å². The van der Waals surface area contributed by atoms with E-state index in [4.69, 9.17) is 5.73 Å². The molecule has 0 aliphatic heterocycles. The Morgan fingerprint density at radius 1 is 1.23 bits per heavy atom. The average Bonchev–Trinajstić information content (AvgIpc) is 2.91. The number of hydrogen-bond donors (Lipinski definition) is 3. The molecule has 0 aliphatic rings. The summed E-state index contributed by atoms with van der Waals surface area (Å²) in [5.41, 5.74) is 9.69. The number of nitrogens with one attached hydrogen (secondary N) is 2. The van der Waals surface area contributed by atoms with E-state index in [0.717, 1.165) is 16.7 Å². The normalized spacial score (nSPS) is 11.6. The van der Waals surface area contributed by atoms with Gasteiger partial charge in [-0.2, -0.15) is 0 Å². The summed E-state index contributed by atoms with van der Waals surface area (Å²) in [4.78, 5) is 19.2. The van der Waals surface area contributed by atoms with E-state index in [9.17, 15) is 4.79 Å². The second-order valence-corrected chi connectivity index (χ2v) is 6.27. The zero-order chi connectivity index (χ0) is 17.8. The van der Waals surface area contributed by atoms with Gasteiger partial charge in [-0.3, -0.25) is 9.56 Å². The maximum absolute atomic E-state index is 12.0. The third kappa shape index (κ3) is 4.66. The van der Waals surface area contributed by atoms with Gasteiger partial charge in [-0.05, 0) is 35.7 Å². The van der Waals surface area contributed by atoms with E-state index in [2.05, 4.69) is 41.3 Å². The van der Waals surface area contributed by atoms with Crippen LogP contribution in [0.5, 0.6) is 0 Å². The minimum atomic E-state index is -0.132. The number of rotatable bonds is 5. The van der Waals surface area contributed by atoms with Crippen molar-refractivity contribution in [2.75, 3.05) is 11.9 Å². The summed E-state index contributed by atoms with van der Waals surface area (Å²) in [5, 5.41) is 3.10. The van der Waals surface area contributed by atoms with E-state index in [1.54, 1.807) is 4.57 Å². The number of fused-ring (bicyclic) bond motifs is 1. The van der Waals surface area contributed by atoms with Gasteiger partial charge in [0.2, 0.25) is 0 Å². The van der Waals surface area contributed by atoms with Crippen LogP contribution >= 0.6 is 24.0 Å². The quantitative estimate of drug-likeness (QED) is 0.306. The molecule has 0 spiro atoms. The van der Waals surface area contributed by atoms with Gasteiger partial charge in [0.25, 0.3) is 0 Å². The number of imidazole rings is 1. The Labute approximate surface area is 169 Å². The van der Waals surface area contributed by atoms with Gasteiger partial charge in [0.05, 0.1) is 17.6 Å². The van der Waals surface area contributed by atoms with E-state index in [-0.39, 0.29) is 29.7 Å². The Morgan fingerprint density at radius 2 is 2.00 bits per heavy atom. The molecule has 4 N–H and O–H groups in total. The Morgan fingerprint density at radius 3 is 2.77 bits per heavy atom. The maximum Gasteiger partial charge on any atom is 0.326 e. The Hall–Kier alpha value is -2.29. The summed E-state index contributed by atoms with van der Waals surface area (Å²) < 4.78 is 1.67. The highest BCUT2D eigenvalue weighted by Crippen LogP contribution is 2.18. The third-order valence-corrected chi connectivity index (χ3v) is 4.11. The number of guanidine groups is 1. The van der Waals surface area contributed by atoms with Crippen molar-refractivity contribution in [1.29, 1.82) is 0 Å². The predicted octanol–water partition coefficient (Wildman–Crippen LogP) is 3.50. The molecule has 0 saturated heterocycles. The Kier molecular flexibility index (Phi) is 6.84. The predicted molar refractivity (Wildman–Crippen MR) is 119 cm³/mol. The van der Waals surface area contributed by atoms with Crippen molar-refractivity contribution in [2.45, 2.75) is 26.3 Å². The first-order valence-electron chi connectivity index (χ1n) is 8.39. The number of aromatic amines is 1. The van der Waals surface area contributed by atoms with Crippen LogP contribution in [0.1, 0.15) is 25.3 Å². The van der Waals surface area contributed by atoms with Gasteiger partial charge in [-0.1, -0.05) is 38.1 Å². The lowest BCUT2D eigenvalue weighted by atomic mass is 10.0. The first-order chi connectivity index (χ1) is 12.0. The molecule has 0 amide bonds. The van der Waals surface area contributed by atoms with Crippen LogP contribution in [0.15, 0.2) is 58.3 Å². The Balaban J connectivity index is 0.00000243. The topological polar surface area (TPSA) is 88.2 Å². The summed E-state index contributed by atoms with van der Waals surface area (Å²) in [6, 6.07) is 15.7. The smallest absolute Gasteiger partial charge is 0.326 e. The lowest BCUT2D eigenvalue weighted by molar-refractivity contribution is 0.703. The van der Waals surface area contributed by atoms with Crippen molar-refractivity contribution in [2.24, 2.45) is 10.7 Å². The number of halogens is 1. The van der Waals surface area contributed by atoms with Crippen LogP contribution < -0.4 is 16.7 Å². The van der Waals surface area contributed by atoms with Gasteiger partial charge in [0.15, 0.2) is 5.96 Å². The summed E-state index contributed by atoms with van der Waals surface area (Å²) >= 11 is 0. The fourth-order valence-corrected chi connectivity index (χ4v) is 2.76. The minimum Gasteiger partial charge on any atom is -0.370 e. The van der Waals surface area contributed by atoms with Gasteiger partial charge < -0.3 is 16.0 Å². The molecular formula is C19H24IN5O. The molecule has 0 fully saturated rings. The van der Waals surface area contributed by atoms with E-state index < -0.39 is 0 Å². The van der Waals surface area contributed by atoms with Crippen LogP contribution in [-0.2, 0) is 6.54 Å². The molecule has 0 saturated carbocycles. The number of aromatic nitrogens is 2. The number of para-hydroxylation sites is 2. The van der Waals surface area contributed by atoms with E-state index in [1.165, 1.54) is 5.56 Å². The van der Waals surface area contributed by atoms with E-state index in [0.29, 0.717) is 25.0 Å². The summed E-state index contributed by atoms with van der Waals surface area (Å²) in [6.07, 6.45) is 0. The first-order valence-corrected chi connectivity index (χ1v) is 8.39. The monoisotopic (exact) mass is 465 g/mol. The van der Waals surface area contributed by atoms with Crippen LogP contribution in [0.4, 0.5) is 5.69 Å².